The molecule has 0 N–H and O–H groups in total. The Morgan fingerprint density at radius 2 is 0.706 bits per heavy atom. The summed E-state index contributed by atoms with van der Waals surface area (Å²) >= 11 is 0. The molecule has 0 saturated heterocycles. The van der Waals surface area contributed by atoms with Crippen molar-refractivity contribution in [2.45, 2.75) is 0 Å². The number of rotatable bonds is 6. The number of hydrogen-bond acceptors (Lipinski definition) is 2. The average Bonchev–Trinajstić information content (AvgIpc) is 3.52. The van der Waals surface area contributed by atoms with Crippen molar-refractivity contribution < 1.29 is 0 Å². The molecular formula is C48H31N2P. The van der Waals surface area contributed by atoms with E-state index >= 15 is 0 Å². The molecule has 0 aliphatic heterocycles. The van der Waals surface area contributed by atoms with E-state index in [0.717, 1.165) is 33.5 Å². The van der Waals surface area contributed by atoms with E-state index in [0.29, 0.717) is 0 Å². The number of fused-ring (bicyclic) bond motifs is 4. The van der Waals surface area contributed by atoms with Crippen molar-refractivity contribution >= 4 is 45.6 Å². The number of hydrogen-bond donors (Lipinski definition) is 0. The maximum absolute atomic E-state index is 5.04. The molecule has 1 heterocycles. The minimum atomic E-state index is -0.616. The highest BCUT2D eigenvalue weighted by Gasteiger charge is 2.26. The van der Waals surface area contributed by atoms with Crippen LogP contribution < -0.4 is 15.9 Å². The van der Waals surface area contributed by atoms with Crippen LogP contribution in [0.5, 0.6) is 0 Å². The van der Waals surface area contributed by atoms with Gasteiger partial charge >= 0.3 is 0 Å². The van der Waals surface area contributed by atoms with Gasteiger partial charge in [0.1, 0.15) is 0 Å². The molecule has 10 rings (SSSR count). The predicted octanol–water partition coefficient (Wildman–Crippen LogP) is 11.2. The number of para-hydroxylation sites is 2. The summed E-state index contributed by atoms with van der Waals surface area (Å²) in [4.78, 5) is 10.1. The van der Waals surface area contributed by atoms with Crippen LogP contribution in [-0.2, 0) is 0 Å². The van der Waals surface area contributed by atoms with E-state index in [4.69, 9.17) is 9.97 Å². The standard InChI is InChI=1S/C48H31N2P/c1-3-10-37(11-4-1)51(38-12-5-2-6-13-38)39-28-26-35(27-29-39)33-20-18-32(19-21-33)34-22-24-36(25-23-34)40-30-31-43-46-41(40)14-9-15-42(46)47-48(43)50-45-17-8-7-16-44(45)49-47/h1-31H. The van der Waals surface area contributed by atoms with Gasteiger partial charge in [0.2, 0.25) is 0 Å². The van der Waals surface area contributed by atoms with Crippen LogP contribution in [0, 0.1) is 0 Å². The molecule has 1 aromatic heterocycles. The highest BCUT2D eigenvalue weighted by molar-refractivity contribution is 7.79. The minimum Gasteiger partial charge on any atom is -0.244 e. The fourth-order valence-corrected chi connectivity index (χ4v) is 9.81. The van der Waals surface area contributed by atoms with Crippen molar-refractivity contribution in [1.82, 2.24) is 9.97 Å². The second-order valence-corrected chi connectivity index (χ2v) is 15.2. The number of nitrogens with zero attached hydrogens (tertiary/aromatic N) is 2. The maximum Gasteiger partial charge on any atom is 0.0979 e. The van der Waals surface area contributed by atoms with Crippen LogP contribution in [-0.4, -0.2) is 9.97 Å². The Balaban J connectivity index is 0.923. The van der Waals surface area contributed by atoms with Crippen molar-refractivity contribution in [3.8, 4) is 55.9 Å². The second-order valence-electron chi connectivity index (χ2n) is 13.0. The van der Waals surface area contributed by atoms with Gasteiger partial charge in [-0.05, 0) is 74.7 Å². The maximum atomic E-state index is 5.04. The zero-order valence-electron chi connectivity index (χ0n) is 27.7. The third-order valence-electron chi connectivity index (χ3n) is 10.0. The SMILES string of the molecule is c1ccc(P(c2ccccc2)c2ccc(-c3ccc(-c4ccc(-c5ccc6c7c(cccc57)-c5nc7ccccc7nc5-6)cc4)cc3)cc2)cc1. The highest BCUT2D eigenvalue weighted by Crippen LogP contribution is 2.48. The van der Waals surface area contributed by atoms with Gasteiger partial charge < -0.3 is 0 Å². The molecular weight excluding hydrogens is 636 g/mol. The van der Waals surface area contributed by atoms with Gasteiger partial charge in [0.15, 0.2) is 0 Å². The van der Waals surface area contributed by atoms with Crippen molar-refractivity contribution in [2.75, 3.05) is 0 Å². The van der Waals surface area contributed by atoms with Crippen LogP contribution in [0.25, 0.3) is 77.7 Å². The van der Waals surface area contributed by atoms with Crippen LogP contribution in [0.4, 0.5) is 0 Å². The zero-order chi connectivity index (χ0) is 33.7. The molecule has 51 heavy (non-hydrogen) atoms. The molecule has 0 bridgehead atoms. The first kappa shape index (κ1) is 29.7. The predicted molar refractivity (Wildman–Crippen MR) is 216 cm³/mol. The Labute approximate surface area is 298 Å². The third kappa shape index (κ3) is 5.16. The molecule has 0 atom stereocenters. The first-order chi connectivity index (χ1) is 25.3. The topological polar surface area (TPSA) is 25.8 Å². The molecule has 0 fully saturated rings. The summed E-state index contributed by atoms with van der Waals surface area (Å²) < 4.78 is 0. The van der Waals surface area contributed by atoms with E-state index in [1.165, 1.54) is 60.1 Å². The summed E-state index contributed by atoms with van der Waals surface area (Å²) in [7, 11) is -0.616. The summed E-state index contributed by atoms with van der Waals surface area (Å²) in [6, 6.07) is 68.0. The third-order valence-corrected chi connectivity index (χ3v) is 12.5. The summed E-state index contributed by atoms with van der Waals surface area (Å²) in [6.45, 7) is 0. The molecule has 1 aliphatic carbocycles. The van der Waals surface area contributed by atoms with Gasteiger partial charge in [0, 0.05) is 16.5 Å². The Hall–Kier alpha value is -6.21. The summed E-state index contributed by atoms with van der Waals surface area (Å²) in [5.41, 5.74) is 13.4. The largest absolute Gasteiger partial charge is 0.244 e. The Morgan fingerprint density at radius 1 is 0.294 bits per heavy atom. The Kier molecular flexibility index (Phi) is 7.15. The normalized spacial score (nSPS) is 11.7. The highest BCUT2D eigenvalue weighted by atomic mass is 31.1. The van der Waals surface area contributed by atoms with E-state index in [9.17, 15) is 0 Å². The van der Waals surface area contributed by atoms with Gasteiger partial charge in [-0.25, -0.2) is 9.97 Å². The van der Waals surface area contributed by atoms with E-state index < -0.39 is 7.92 Å². The van der Waals surface area contributed by atoms with Crippen molar-refractivity contribution in [3.05, 3.63) is 188 Å². The molecule has 238 valence electrons. The summed E-state index contributed by atoms with van der Waals surface area (Å²) in [5.74, 6) is 0. The van der Waals surface area contributed by atoms with Crippen LogP contribution in [0.15, 0.2) is 188 Å². The fraction of sp³-hybridized carbons (Fsp3) is 0. The lowest BCUT2D eigenvalue weighted by molar-refractivity contribution is 1.32. The molecule has 9 aromatic rings. The van der Waals surface area contributed by atoms with E-state index in [1.807, 2.05) is 24.3 Å². The van der Waals surface area contributed by atoms with E-state index in [2.05, 4.69) is 164 Å². The van der Waals surface area contributed by atoms with Crippen LogP contribution in [0.2, 0.25) is 0 Å². The first-order valence-electron chi connectivity index (χ1n) is 17.3. The van der Waals surface area contributed by atoms with Crippen LogP contribution in [0.3, 0.4) is 0 Å². The van der Waals surface area contributed by atoms with Crippen LogP contribution >= 0.6 is 7.92 Å². The number of benzene rings is 8. The van der Waals surface area contributed by atoms with Gasteiger partial charge in [-0.2, -0.15) is 0 Å². The molecule has 1 aliphatic rings. The zero-order valence-corrected chi connectivity index (χ0v) is 28.6. The fourth-order valence-electron chi connectivity index (χ4n) is 7.53. The monoisotopic (exact) mass is 666 g/mol. The van der Waals surface area contributed by atoms with Gasteiger partial charge in [-0.1, -0.05) is 176 Å². The number of aromatic nitrogens is 2. The lowest BCUT2D eigenvalue weighted by Crippen LogP contribution is -2.20. The lowest BCUT2D eigenvalue weighted by Gasteiger charge is -2.19. The Morgan fingerprint density at radius 3 is 1.24 bits per heavy atom. The van der Waals surface area contributed by atoms with Crippen molar-refractivity contribution in [3.63, 3.8) is 0 Å². The molecule has 8 aromatic carbocycles. The van der Waals surface area contributed by atoms with Gasteiger partial charge in [-0.15, -0.1) is 0 Å². The van der Waals surface area contributed by atoms with Crippen molar-refractivity contribution in [2.24, 2.45) is 0 Å². The lowest BCUT2D eigenvalue weighted by atomic mass is 9.93. The smallest absolute Gasteiger partial charge is 0.0979 e. The molecule has 0 saturated carbocycles. The van der Waals surface area contributed by atoms with Gasteiger partial charge in [0.25, 0.3) is 0 Å². The molecule has 0 unspecified atom stereocenters. The van der Waals surface area contributed by atoms with E-state index in [-0.39, 0.29) is 0 Å². The summed E-state index contributed by atoms with van der Waals surface area (Å²) in [6.07, 6.45) is 0. The van der Waals surface area contributed by atoms with Gasteiger partial charge in [-0.3, -0.25) is 0 Å². The molecule has 0 radical (unpaired) electrons. The Bertz CT molecular complexity index is 2620. The average molecular weight is 667 g/mol. The molecule has 0 spiro atoms. The minimum absolute atomic E-state index is 0.616. The summed E-state index contributed by atoms with van der Waals surface area (Å²) in [5, 5.41) is 6.56. The first-order valence-corrected chi connectivity index (χ1v) is 18.7. The second kappa shape index (κ2) is 12.3. The van der Waals surface area contributed by atoms with E-state index in [1.54, 1.807) is 0 Å². The molecule has 3 heteroatoms. The quantitative estimate of drug-likeness (QED) is 0.165. The molecule has 0 amide bonds. The van der Waals surface area contributed by atoms with Crippen LogP contribution in [0.1, 0.15) is 0 Å². The van der Waals surface area contributed by atoms with Gasteiger partial charge in [0.05, 0.1) is 22.4 Å². The van der Waals surface area contributed by atoms with Crippen molar-refractivity contribution in [1.29, 1.82) is 0 Å². The molecule has 2 nitrogen and oxygen atoms in total.